The molecule has 0 unspecified atom stereocenters. The van der Waals surface area contributed by atoms with Crippen molar-refractivity contribution in [3.8, 4) is 0 Å². The number of nitrogens with zero attached hydrogens (tertiary/aromatic N) is 1. The van der Waals surface area contributed by atoms with Gasteiger partial charge in [0.25, 0.3) is 0 Å². The van der Waals surface area contributed by atoms with Gasteiger partial charge < -0.3 is 4.74 Å². The Balaban J connectivity index is 1.85. The molecule has 3 rings (SSSR count). The summed E-state index contributed by atoms with van der Waals surface area (Å²) < 4.78 is 6.18. The van der Waals surface area contributed by atoms with E-state index in [0.717, 1.165) is 5.56 Å². The number of carbonyl (C=O) groups excluding carboxylic acids is 1. The highest BCUT2D eigenvalue weighted by atomic mass is 32.1. The minimum Gasteiger partial charge on any atom is -0.468 e. The average Bonchev–Trinajstić information content (AvgIpc) is 3.04. The van der Waals surface area contributed by atoms with Crippen molar-refractivity contribution in [2.45, 2.75) is 19.0 Å². The number of esters is 1. The fourth-order valence-corrected chi connectivity index (χ4v) is 3.59. The summed E-state index contributed by atoms with van der Waals surface area (Å²) in [5, 5.41) is 4.58. The SMILES string of the molecule is COC(=O)[C@H](N[C@@H](C)c1cc2ccccc2s1)c1cccnc1. The van der Waals surface area contributed by atoms with Gasteiger partial charge in [0.1, 0.15) is 6.04 Å². The molecule has 2 atom stereocenters. The van der Waals surface area contributed by atoms with E-state index in [-0.39, 0.29) is 12.0 Å². The summed E-state index contributed by atoms with van der Waals surface area (Å²) >= 11 is 1.73. The van der Waals surface area contributed by atoms with Gasteiger partial charge in [-0.25, -0.2) is 4.79 Å². The zero-order chi connectivity index (χ0) is 16.2. The van der Waals surface area contributed by atoms with Crippen LogP contribution in [-0.4, -0.2) is 18.1 Å². The molecule has 0 bridgehead atoms. The predicted octanol–water partition coefficient (Wildman–Crippen LogP) is 3.86. The van der Waals surface area contributed by atoms with E-state index in [1.54, 1.807) is 23.7 Å². The molecule has 0 radical (unpaired) electrons. The van der Waals surface area contributed by atoms with E-state index < -0.39 is 6.04 Å². The van der Waals surface area contributed by atoms with Gasteiger partial charge in [-0.2, -0.15) is 0 Å². The minimum absolute atomic E-state index is 0.0247. The van der Waals surface area contributed by atoms with Crippen molar-refractivity contribution in [1.29, 1.82) is 0 Å². The summed E-state index contributed by atoms with van der Waals surface area (Å²) in [7, 11) is 1.40. The zero-order valence-electron chi connectivity index (χ0n) is 13.0. The molecule has 23 heavy (non-hydrogen) atoms. The summed E-state index contributed by atoms with van der Waals surface area (Å²) in [6.07, 6.45) is 3.37. The summed E-state index contributed by atoms with van der Waals surface area (Å²) in [6.45, 7) is 2.05. The first kappa shape index (κ1) is 15.6. The second-order valence-corrected chi connectivity index (χ2v) is 6.43. The molecule has 0 saturated carbocycles. The third kappa shape index (κ3) is 3.41. The highest BCUT2D eigenvalue weighted by Gasteiger charge is 2.24. The number of hydrogen-bond acceptors (Lipinski definition) is 5. The van der Waals surface area contributed by atoms with Crippen LogP contribution < -0.4 is 5.32 Å². The maximum atomic E-state index is 12.1. The normalized spacial score (nSPS) is 13.7. The summed E-state index contributed by atoms with van der Waals surface area (Å²) in [5.41, 5.74) is 0.798. The lowest BCUT2D eigenvalue weighted by Gasteiger charge is -2.20. The Hall–Kier alpha value is -2.24. The molecule has 0 saturated heterocycles. The number of nitrogens with one attached hydrogen (secondary N) is 1. The summed E-state index contributed by atoms with van der Waals surface area (Å²) in [4.78, 5) is 17.4. The molecule has 118 valence electrons. The van der Waals surface area contributed by atoms with Crippen molar-refractivity contribution in [2.24, 2.45) is 0 Å². The number of carbonyl (C=O) groups is 1. The highest BCUT2D eigenvalue weighted by Crippen LogP contribution is 2.31. The molecule has 0 spiro atoms. The largest absolute Gasteiger partial charge is 0.468 e. The maximum Gasteiger partial charge on any atom is 0.327 e. The van der Waals surface area contributed by atoms with Crippen molar-refractivity contribution in [3.05, 3.63) is 65.3 Å². The molecule has 0 aliphatic heterocycles. The molecule has 4 nitrogen and oxygen atoms in total. The fourth-order valence-electron chi connectivity index (χ4n) is 2.51. The van der Waals surface area contributed by atoms with Gasteiger partial charge in [-0.1, -0.05) is 24.3 Å². The average molecular weight is 326 g/mol. The number of pyridine rings is 1. The lowest BCUT2D eigenvalue weighted by molar-refractivity contribution is -0.143. The second kappa shape index (κ2) is 6.89. The highest BCUT2D eigenvalue weighted by molar-refractivity contribution is 7.19. The molecule has 1 N–H and O–H groups in total. The lowest BCUT2D eigenvalue weighted by Crippen LogP contribution is -2.31. The van der Waals surface area contributed by atoms with Gasteiger partial charge in [0, 0.05) is 28.0 Å². The summed E-state index contributed by atoms with van der Waals surface area (Å²) in [5.74, 6) is -0.314. The molecule has 2 aromatic heterocycles. The maximum absolute atomic E-state index is 12.1. The van der Waals surface area contributed by atoms with E-state index in [0.29, 0.717) is 0 Å². The van der Waals surface area contributed by atoms with Gasteiger partial charge in [0.2, 0.25) is 0 Å². The van der Waals surface area contributed by atoms with Crippen molar-refractivity contribution in [1.82, 2.24) is 10.3 Å². The van der Waals surface area contributed by atoms with Crippen LogP contribution in [0.15, 0.2) is 54.9 Å². The van der Waals surface area contributed by atoms with E-state index >= 15 is 0 Å². The lowest BCUT2D eigenvalue weighted by atomic mass is 10.1. The van der Waals surface area contributed by atoms with E-state index in [4.69, 9.17) is 4.74 Å². The molecule has 0 aliphatic carbocycles. The molecule has 0 amide bonds. The van der Waals surface area contributed by atoms with Gasteiger partial charge in [0.05, 0.1) is 7.11 Å². The Morgan fingerprint density at radius 2 is 2.09 bits per heavy atom. The van der Waals surface area contributed by atoms with Gasteiger partial charge in [-0.15, -0.1) is 11.3 Å². The third-order valence-electron chi connectivity index (χ3n) is 3.74. The van der Waals surface area contributed by atoms with Crippen LogP contribution in [0.1, 0.15) is 29.4 Å². The molecular weight excluding hydrogens is 308 g/mol. The predicted molar refractivity (Wildman–Crippen MR) is 92.4 cm³/mol. The fraction of sp³-hybridized carbons (Fsp3) is 0.222. The first-order valence-electron chi connectivity index (χ1n) is 7.41. The van der Waals surface area contributed by atoms with Crippen LogP contribution >= 0.6 is 11.3 Å². The smallest absolute Gasteiger partial charge is 0.327 e. The Bertz CT molecular complexity index is 768. The number of thiophene rings is 1. The molecule has 5 heteroatoms. The molecule has 3 aromatic rings. The number of ether oxygens (including phenoxy) is 1. The van der Waals surface area contributed by atoms with Crippen LogP contribution in [0.25, 0.3) is 10.1 Å². The van der Waals surface area contributed by atoms with Gasteiger partial charge in [-0.05, 0) is 36.1 Å². The number of aromatic nitrogens is 1. The number of fused-ring (bicyclic) bond motifs is 1. The van der Waals surface area contributed by atoms with Crippen LogP contribution in [0, 0.1) is 0 Å². The topological polar surface area (TPSA) is 51.2 Å². The molecule has 1 aromatic carbocycles. The van der Waals surface area contributed by atoms with Crippen LogP contribution in [0.2, 0.25) is 0 Å². The standard InChI is InChI=1S/C18H18N2O2S/c1-12(16-10-13-6-3-4-8-15(13)23-16)20-17(18(21)22-2)14-7-5-9-19-11-14/h3-12,17,20H,1-2H3/t12-,17+/m0/s1. The number of benzene rings is 1. The van der Waals surface area contributed by atoms with E-state index in [2.05, 4.69) is 35.4 Å². The Kier molecular flexibility index (Phi) is 4.69. The van der Waals surface area contributed by atoms with Crippen LogP contribution in [0.5, 0.6) is 0 Å². The van der Waals surface area contributed by atoms with E-state index in [1.807, 2.05) is 24.3 Å². The first-order chi connectivity index (χ1) is 11.2. The molecular formula is C18H18N2O2S. The summed E-state index contributed by atoms with van der Waals surface area (Å²) in [6, 6.07) is 13.6. The van der Waals surface area contributed by atoms with Gasteiger partial charge >= 0.3 is 5.97 Å². The zero-order valence-corrected chi connectivity index (χ0v) is 13.8. The molecule has 0 fully saturated rings. The Morgan fingerprint density at radius 1 is 1.26 bits per heavy atom. The quantitative estimate of drug-likeness (QED) is 0.723. The van der Waals surface area contributed by atoms with Crippen molar-refractivity contribution in [3.63, 3.8) is 0 Å². The van der Waals surface area contributed by atoms with Gasteiger partial charge in [-0.3, -0.25) is 10.3 Å². The van der Waals surface area contributed by atoms with Gasteiger partial charge in [0.15, 0.2) is 0 Å². The van der Waals surface area contributed by atoms with Crippen molar-refractivity contribution in [2.75, 3.05) is 7.11 Å². The number of methoxy groups -OCH3 is 1. The third-order valence-corrected chi connectivity index (χ3v) is 5.04. The van der Waals surface area contributed by atoms with Crippen molar-refractivity contribution < 1.29 is 9.53 Å². The Morgan fingerprint density at radius 3 is 2.78 bits per heavy atom. The number of rotatable bonds is 5. The van der Waals surface area contributed by atoms with Crippen LogP contribution in [0.4, 0.5) is 0 Å². The second-order valence-electron chi connectivity index (χ2n) is 5.32. The van der Waals surface area contributed by atoms with E-state index in [9.17, 15) is 4.79 Å². The number of hydrogen-bond donors (Lipinski definition) is 1. The monoisotopic (exact) mass is 326 g/mol. The first-order valence-corrected chi connectivity index (χ1v) is 8.23. The van der Waals surface area contributed by atoms with Crippen LogP contribution in [-0.2, 0) is 9.53 Å². The van der Waals surface area contributed by atoms with Crippen LogP contribution in [0.3, 0.4) is 0 Å². The molecule has 2 heterocycles. The van der Waals surface area contributed by atoms with E-state index in [1.165, 1.54) is 22.1 Å². The Labute approximate surface area is 139 Å². The minimum atomic E-state index is -0.533. The van der Waals surface area contributed by atoms with Crippen molar-refractivity contribution >= 4 is 27.4 Å². The molecule has 0 aliphatic rings.